The van der Waals surface area contributed by atoms with Crippen molar-refractivity contribution in [1.29, 1.82) is 0 Å². The van der Waals surface area contributed by atoms with Crippen molar-refractivity contribution in [3.05, 3.63) is 28.8 Å². The molecule has 0 aliphatic heterocycles. The summed E-state index contributed by atoms with van der Waals surface area (Å²) in [5.41, 5.74) is 12.1. The minimum atomic E-state index is -3.50. The summed E-state index contributed by atoms with van der Waals surface area (Å²) in [6.07, 6.45) is 4.17. The third kappa shape index (κ3) is 4.80. The van der Waals surface area contributed by atoms with Crippen LogP contribution in [-0.4, -0.2) is 26.5 Å². The number of benzene rings is 1. The van der Waals surface area contributed by atoms with E-state index in [2.05, 4.69) is 11.9 Å². The standard InChI is InChI=1S/C17H27N3O3S/c1-5-7-11(3)12-9-10-14(16(21)20-17(18)19)13(8-6-2)15(12)24(4,22)23/h9-11H,5-8H2,1-4H3,(H4,18,19,20,21). The van der Waals surface area contributed by atoms with Crippen molar-refractivity contribution in [3.63, 3.8) is 0 Å². The van der Waals surface area contributed by atoms with Crippen molar-refractivity contribution in [2.75, 3.05) is 6.26 Å². The van der Waals surface area contributed by atoms with Gasteiger partial charge in [0.25, 0.3) is 5.91 Å². The van der Waals surface area contributed by atoms with Crippen LogP contribution in [0, 0.1) is 0 Å². The lowest BCUT2D eigenvalue weighted by atomic mass is 9.91. The Balaban J connectivity index is 3.73. The second-order valence-electron chi connectivity index (χ2n) is 6.06. The third-order valence-electron chi connectivity index (χ3n) is 3.88. The van der Waals surface area contributed by atoms with Gasteiger partial charge in [-0.25, -0.2) is 8.42 Å². The first kappa shape index (κ1) is 20.2. The van der Waals surface area contributed by atoms with Gasteiger partial charge in [0.1, 0.15) is 0 Å². The van der Waals surface area contributed by atoms with Gasteiger partial charge in [-0.2, -0.15) is 4.99 Å². The zero-order valence-corrected chi connectivity index (χ0v) is 15.6. The highest BCUT2D eigenvalue weighted by molar-refractivity contribution is 7.90. The predicted octanol–water partition coefficient (Wildman–Crippen LogP) is 2.36. The van der Waals surface area contributed by atoms with Crippen LogP contribution in [0.3, 0.4) is 0 Å². The van der Waals surface area contributed by atoms with Crippen LogP contribution in [0.15, 0.2) is 22.0 Å². The molecule has 1 rings (SSSR count). The molecule has 0 fully saturated rings. The molecule has 0 aliphatic rings. The Kier molecular flexibility index (Phi) is 6.95. The summed E-state index contributed by atoms with van der Waals surface area (Å²) < 4.78 is 24.9. The van der Waals surface area contributed by atoms with Crippen molar-refractivity contribution < 1.29 is 13.2 Å². The van der Waals surface area contributed by atoms with E-state index in [-0.39, 0.29) is 22.3 Å². The Morgan fingerprint density at radius 3 is 2.29 bits per heavy atom. The summed E-state index contributed by atoms with van der Waals surface area (Å²) in [5.74, 6) is -0.868. The van der Waals surface area contributed by atoms with Gasteiger partial charge < -0.3 is 11.5 Å². The van der Waals surface area contributed by atoms with Crippen molar-refractivity contribution >= 4 is 21.7 Å². The van der Waals surface area contributed by atoms with Gasteiger partial charge in [-0.1, -0.05) is 39.7 Å². The molecule has 0 heterocycles. The minimum Gasteiger partial charge on any atom is -0.370 e. The number of carbonyl (C=O) groups excluding carboxylic acids is 1. The SMILES string of the molecule is CCCc1c(C(=O)N=C(N)N)ccc(C(C)CCC)c1S(C)(=O)=O. The summed E-state index contributed by atoms with van der Waals surface area (Å²) in [6, 6.07) is 3.35. The minimum absolute atomic E-state index is 0.0857. The fourth-order valence-corrected chi connectivity index (χ4v) is 4.29. The van der Waals surface area contributed by atoms with Crippen LogP contribution in [0.2, 0.25) is 0 Å². The molecule has 1 unspecified atom stereocenters. The second kappa shape index (κ2) is 8.28. The summed E-state index contributed by atoms with van der Waals surface area (Å²) in [5, 5.41) is 0. The highest BCUT2D eigenvalue weighted by atomic mass is 32.2. The number of nitrogens with zero attached hydrogens (tertiary/aromatic N) is 1. The molecule has 6 nitrogen and oxygen atoms in total. The molecule has 7 heteroatoms. The van der Waals surface area contributed by atoms with Crippen LogP contribution in [0.25, 0.3) is 0 Å². The molecule has 4 N–H and O–H groups in total. The van der Waals surface area contributed by atoms with E-state index in [0.717, 1.165) is 18.4 Å². The highest BCUT2D eigenvalue weighted by Crippen LogP contribution is 2.33. The fraction of sp³-hybridized carbons (Fsp3) is 0.529. The molecular weight excluding hydrogens is 326 g/mol. The number of sulfone groups is 1. The van der Waals surface area contributed by atoms with Gasteiger partial charge in [0, 0.05) is 11.8 Å². The van der Waals surface area contributed by atoms with E-state index in [0.29, 0.717) is 18.4 Å². The topological polar surface area (TPSA) is 116 Å². The molecule has 1 aromatic rings. The van der Waals surface area contributed by atoms with E-state index in [1.165, 1.54) is 6.26 Å². The van der Waals surface area contributed by atoms with E-state index < -0.39 is 15.7 Å². The maximum Gasteiger partial charge on any atom is 0.280 e. The number of nitrogens with two attached hydrogens (primary N) is 2. The van der Waals surface area contributed by atoms with Crippen LogP contribution < -0.4 is 11.5 Å². The van der Waals surface area contributed by atoms with Gasteiger partial charge >= 0.3 is 0 Å². The van der Waals surface area contributed by atoms with Crippen LogP contribution >= 0.6 is 0 Å². The van der Waals surface area contributed by atoms with Crippen molar-refractivity contribution in [2.24, 2.45) is 16.5 Å². The molecule has 1 atom stereocenters. The largest absolute Gasteiger partial charge is 0.370 e. The summed E-state index contributed by atoms with van der Waals surface area (Å²) in [6.45, 7) is 5.99. The molecular formula is C17H27N3O3S. The molecule has 134 valence electrons. The molecule has 0 saturated carbocycles. The molecule has 0 radical (unpaired) electrons. The zero-order valence-electron chi connectivity index (χ0n) is 14.8. The van der Waals surface area contributed by atoms with E-state index in [1.807, 2.05) is 13.8 Å². The molecule has 1 aromatic carbocycles. The van der Waals surface area contributed by atoms with Crippen LogP contribution in [0.4, 0.5) is 0 Å². The highest BCUT2D eigenvalue weighted by Gasteiger charge is 2.25. The molecule has 1 amide bonds. The predicted molar refractivity (Wildman–Crippen MR) is 97.0 cm³/mol. The maximum atomic E-state index is 12.5. The summed E-state index contributed by atoms with van der Waals surface area (Å²) in [4.78, 5) is 16.1. The molecule has 0 aliphatic carbocycles. The molecule has 0 bridgehead atoms. The quantitative estimate of drug-likeness (QED) is 0.576. The first-order valence-corrected chi connectivity index (χ1v) is 10.0. The third-order valence-corrected chi connectivity index (χ3v) is 5.10. The van der Waals surface area contributed by atoms with E-state index in [4.69, 9.17) is 11.5 Å². The Morgan fingerprint density at radius 1 is 1.21 bits per heavy atom. The number of rotatable bonds is 7. The van der Waals surface area contributed by atoms with Crippen molar-refractivity contribution in [2.45, 2.75) is 57.3 Å². The number of hydrogen-bond acceptors (Lipinski definition) is 3. The van der Waals surface area contributed by atoms with Crippen LogP contribution in [-0.2, 0) is 16.3 Å². The Hall–Kier alpha value is -1.89. The van der Waals surface area contributed by atoms with E-state index in [9.17, 15) is 13.2 Å². The average molecular weight is 353 g/mol. The smallest absolute Gasteiger partial charge is 0.280 e. The Labute approximate surface area is 144 Å². The van der Waals surface area contributed by atoms with Crippen molar-refractivity contribution in [1.82, 2.24) is 0 Å². The second-order valence-corrected chi connectivity index (χ2v) is 8.02. The summed E-state index contributed by atoms with van der Waals surface area (Å²) in [7, 11) is -3.50. The van der Waals surface area contributed by atoms with Gasteiger partial charge in [-0.15, -0.1) is 0 Å². The lowest BCUT2D eigenvalue weighted by Crippen LogP contribution is -2.24. The van der Waals surface area contributed by atoms with Gasteiger partial charge in [-0.05, 0) is 36.0 Å². The van der Waals surface area contributed by atoms with Gasteiger partial charge in [0.2, 0.25) is 0 Å². The average Bonchev–Trinajstić information content (AvgIpc) is 2.45. The van der Waals surface area contributed by atoms with Crippen LogP contribution in [0.5, 0.6) is 0 Å². The number of amides is 1. The van der Waals surface area contributed by atoms with Gasteiger partial charge in [0.05, 0.1) is 4.90 Å². The zero-order chi connectivity index (χ0) is 18.5. The van der Waals surface area contributed by atoms with Gasteiger partial charge in [-0.3, -0.25) is 4.79 Å². The molecule has 24 heavy (non-hydrogen) atoms. The molecule has 0 aromatic heterocycles. The number of aliphatic imine (C=N–C) groups is 1. The number of carbonyl (C=O) groups is 1. The lowest BCUT2D eigenvalue weighted by Gasteiger charge is -2.20. The summed E-state index contributed by atoms with van der Waals surface area (Å²) >= 11 is 0. The number of hydrogen-bond donors (Lipinski definition) is 2. The molecule has 0 spiro atoms. The fourth-order valence-electron chi connectivity index (χ4n) is 2.94. The monoisotopic (exact) mass is 353 g/mol. The number of guanidine groups is 1. The van der Waals surface area contributed by atoms with Crippen molar-refractivity contribution in [3.8, 4) is 0 Å². The Morgan fingerprint density at radius 2 is 1.83 bits per heavy atom. The first-order chi connectivity index (χ1) is 11.1. The maximum absolute atomic E-state index is 12.5. The van der Waals surface area contributed by atoms with E-state index in [1.54, 1.807) is 12.1 Å². The van der Waals surface area contributed by atoms with Crippen LogP contribution in [0.1, 0.15) is 67.4 Å². The Bertz CT molecular complexity index is 736. The molecule has 0 saturated heterocycles. The first-order valence-electron chi connectivity index (χ1n) is 8.13. The van der Waals surface area contributed by atoms with E-state index >= 15 is 0 Å². The lowest BCUT2D eigenvalue weighted by molar-refractivity contribution is 0.100. The van der Waals surface area contributed by atoms with Gasteiger partial charge in [0.15, 0.2) is 15.8 Å². The normalized spacial score (nSPS) is 12.7.